The number of fused-ring (bicyclic) bond motifs is 1. The van der Waals surface area contributed by atoms with E-state index in [1.54, 1.807) is 13.4 Å². The van der Waals surface area contributed by atoms with Gasteiger partial charge in [0, 0.05) is 42.7 Å². The minimum Gasteiger partial charge on any atom is -0.385 e. The molecule has 2 aromatic carbocycles. The summed E-state index contributed by atoms with van der Waals surface area (Å²) in [5, 5.41) is 5.15. The molecule has 2 heterocycles. The Hall–Kier alpha value is -2.89. The molecule has 1 N–H and O–H groups in total. The van der Waals surface area contributed by atoms with E-state index >= 15 is 0 Å². The van der Waals surface area contributed by atoms with Gasteiger partial charge in [0.15, 0.2) is 5.65 Å². The third kappa shape index (κ3) is 3.72. The number of benzene rings is 2. The molecule has 6 heteroatoms. The van der Waals surface area contributed by atoms with Crippen LogP contribution in [0.4, 0.5) is 5.82 Å². The minimum absolute atomic E-state index is 0.707. The van der Waals surface area contributed by atoms with E-state index in [1.165, 1.54) is 0 Å². The second-order valence-corrected chi connectivity index (χ2v) is 6.89. The van der Waals surface area contributed by atoms with Crippen LogP contribution in [0.2, 0.25) is 5.02 Å². The molecule has 0 unspecified atom stereocenters. The Bertz CT molecular complexity index is 1060. The predicted molar refractivity (Wildman–Crippen MR) is 114 cm³/mol. The highest BCUT2D eigenvalue weighted by atomic mass is 35.5. The van der Waals surface area contributed by atoms with Crippen LogP contribution in [0.3, 0.4) is 0 Å². The van der Waals surface area contributed by atoms with Crippen LogP contribution in [0.15, 0.2) is 67.1 Å². The van der Waals surface area contributed by atoms with Gasteiger partial charge in [0.05, 0.1) is 5.39 Å². The monoisotopic (exact) mass is 392 g/mol. The van der Waals surface area contributed by atoms with Gasteiger partial charge in [-0.1, -0.05) is 41.9 Å². The molecule has 5 nitrogen and oxygen atoms in total. The summed E-state index contributed by atoms with van der Waals surface area (Å²) in [5.74, 6) is 0.827. The van der Waals surface area contributed by atoms with Gasteiger partial charge in [-0.2, -0.15) is 0 Å². The van der Waals surface area contributed by atoms with Gasteiger partial charge in [-0.25, -0.2) is 9.97 Å². The number of hydrogen-bond donors (Lipinski definition) is 1. The van der Waals surface area contributed by atoms with Gasteiger partial charge in [-0.3, -0.25) is 0 Å². The van der Waals surface area contributed by atoms with Gasteiger partial charge in [0.1, 0.15) is 12.1 Å². The average Bonchev–Trinajstić information content (AvgIpc) is 3.13. The van der Waals surface area contributed by atoms with Gasteiger partial charge >= 0.3 is 0 Å². The first kappa shape index (κ1) is 18.5. The molecule has 0 fully saturated rings. The molecule has 4 rings (SSSR count). The molecular weight excluding hydrogens is 372 g/mol. The molecule has 28 heavy (non-hydrogen) atoms. The fourth-order valence-electron chi connectivity index (χ4n) is 3.25. The lowest BCUT2D eigenvalue weighted by Crippen LogP contribution is -2.07. The Labute approximate surface area is 169 Å². The minimum atomic E-state index is 0.707. The van der Waals surface area contributed by atoms with E-state index in [9.17, 15) is 0 Å². The normalized spacial score (nSPS) is 11.1. The summed E-state index contributed by atoms with van der Waals surface area (Å²) in [6.07, 6.45) is 4.61. The number of rotatable bonds is 7. The van der Waals surface area contributed by atoms with Crippen molar-refractivity contribution in [1.29, 1.82) is 0 Å². The molecule has 0 saturated carbocycles. The van der Waals surface area contributed by atoms with E-state index in [2.05, 4.69) is 38.2 Å². The predicted octanol–water partition coefficient (Wildman–Crippen LogP) is 5.19. The first-order valence-corrected chi connectivity index (χ1v) is 9.56. The second-order valence-electron chi connectivity index (χ2n) is 6.45. The Morgan fingerprint density at radius 3 is 2.57 bits per heavy atom. The van der Waals surface area contributed by atoms with Crippen molar-refractivity contribution < 1.29 is 4.74 Å². The van der Waals surface area contributed by atoms with E-state index < -0.39 is 0 Å². The largest absolute Gasteiger partial charge is 0.385 e. The van der Waals surface area contributed by atoms with Crippen molar-refractivity contribution in [1.82, 2.24) is 14.5 Å². The Balaban J connectivity index is 1.86. The molecule has 0 atom stereocenters. The zero-order valence-corrected chi connectivity index (χ0v) is 16.4. The van der Waals surface area contributed by atoms with Crippen molar-refractivity contribution in [2.24, 2.45) is 0 Å². The highest BCUT2D eigenvalue weighted by Crippen LogP contribution is 2.35. The van der Waals surface area contributed by atoms with Crippen molar-refractivity contribution in [2.75, 3.05) is 25.6 Å². The lowest BCUT2D eigenvalue weighted by Gasteiger charge is -2.08. The van der Waals surface area contributed by atoms with E-state index in [0.29, 0.717) is 11.6 Å². The number of aromatic nitrogens is 3. The SMILES string of the molecule is COCCCNc1ncnc2c1c(-c1ccccc1)cn2-c1ccc(Cl)cc1. The maximum absolute atomic E-state index is 6.07. The van der Waals surface area contributed by atoms with Gasteiger partial charge < -0.3 is 14.6 Å². The zero-order chi connectivity index (χ0) is 19.3. The first-order valence-electron chi connectivity index (χ1n) is 9.18. The Kier molecular flexibility index (Phi) is 5.55. The van der Waals surface area contributed by atoms with Crippen LogP contribution in [0.5, 0.6) is 0 Å². The van der Waals surface area contributed by atoms with E-state index in [1.807, 2.05) is 42.5 Å². The Morgan fingerprint density at radius 2 is 1.82 bits per heavy atom. The highest BCUT2D eigenvalue weighted by Gasteiger charge is 2.17. The molecule has 0 bridgehead atoms. The quantitative estimate of drug-likeness (QED) is 0.440. The van der Waals surface area contributed by atoms with Crippen LogP contribution in [0.25, 0.3) is 27.8 Å². The molecule has 2 aromatic heterocycles. The summed E-state index contributed by atoms with van der Waals surface area (Å²) in [6, 6.07) is 18.0. The number of ether oxygens (including phenoxy) is 1. The van der Waals surface area contributed by atoms with Gasteiger partial charge in [0.2, 0.25) is 0 Å². The lowest BCUT2D eigenvalue weighted by molar-refractivity contribution is 0.198. The van der Waals surface area contributed by atoms with Crippen molar-refractivity contribution >= 4 is 28.5 Å². The number of anilines is 1. The number of halogens is 1. The summed E-state index contributed by atoms with van der Waals surface area (Å²) in [4.78, 5) is 9.10. The van der Waals surface area contributed by atoms with Crippen molar-refractivity contribution in [3.8, 4) is 16.8 Å². The van der Waals surface area contributed by atoms with E-state index in [4.69, 9.17) is 16.3 Å². The van der Waals surface area contributed by atoms with Gasteiger partial charge in [-0.15, -0.1) is 0 Å². The molecule has 0 saturated heterocycles. The first-order chi connectivity index (χ1) is 13.8. The summed E-state index contributed by atoms with van der Waals surface area (Å²) in [7, 11) is 1.71. The standard InChI is InChI=1S/C22H21ClN4O/c1-28-13-5-12-24-21-20-19(16-6-3-2-4-7-16)14-27(22(20)26-15-25-21)18-10-8-17(23)9-11-18/h2-4,6-11,14-15H,5,12-13H2,1H3,(H,24,25,26). The lowest BCUT2D eigenvalue weighted by atomic mass is 10.1. The molecule has 0 amide bonds. The third-order valence-corrected chi connectivity index (χ3v) is 4.84. The molecule has 4 aromatic rings. The van der Waals surface area contributed by atoms with Crippen molar-refractivity contribution in [3.05, 3.63) is 72.1 Å². The molecule has 0 aliphatic heterocycles. The Morgan fingerprint density at radius 1 is 1.04 bits per heavy atom. The number of hydrogen-bond acceptors (Lipinski definition) is 4. The topological polar surface area (TPSA) is 52.0 Å². The summed E-state index contributed by atoms with van der Waals surface area (Å²) in [5.41, 5.74) is 4.06. The summed E-state index contributed by atoms with van der Waals surface area (Å²) >= 11 is 6.07. The molecule has 0 radical (unpaired) electrons. The zero-order valence-electron chi connectivity index (χ0n) is 15.6. The molecule has 0 aliphatic carbocycles. The summed E-state index contributed by atoms with van der Waals surface area (Å²) < 4.78 is 7.22. The third-order valence-electron chi connectivity index (χ3n) is 4.59. The maximum Gasteiger partial charge on any atom is 0.150 e. The second kappa shape index (κ2) is 8.42. The van der Waals surface area contributed by atoms with Crippen LogP contribution >= 0.6 is 11.6 Å². The fraction of sp³-hybridized carbons (Fsp3) is 0.182. The van der Waals surface area contributed by atoms with Crippen molar-refractivity contribution in [3.63, 3.8) is 0 Å². The smallest absolute Gasteiger partial charge is 0.150 e. The number of methoxy groups -OCH3 is 1. The number of nitrogens with one attached hydrogen (secondary N) is 1. The maximum atomic E-state index is 6.07. The fourth-order valence-corrected chi connectivity index (χ4v) is 3.38. The average molecular weight is 393 g/mol. The van der Waals surface area contributed by atoms with Gasteiger partial charge in [-0.05, 0) is 36.2 Å². The number of nitrogens with zero attached hydrogens (tertiary/aromatic N) is 3. The highest BCUT2D eigenvalue weighted by molar-refractivity contribution is 6.30. The molecular formula is C22H21ClN4O. The molecule has 142 valence electrons. The van der Waals surface area contributed by atoms with Crippen LogP contribution in [0, 0.1) is 0 Å². The van der Waals surface area contributed by atoms with E-state index in [-0.39, 0.29) is 0 Å². The molecule has 0 aliphatic rings. The van der Waals surface area contributed by atoms with Crippen LogP contribution in [0.1, 0.15) is 6.42 Å². The van der Waals surface area contributed by atoms with Crippen LogP contribution in [-0.4, -0.2) is 34.8 Å². The van der Waals surface area contributed by atoms with Crippen molar-refractivity contribution in [2.45, 2.75) is 6.42 Å². The van der Waals surface area contributed by atoms with E-state index in [0.717, 1.165) is 46.6 Å². The van der Waals surface area contributed by atoms with Crippen LogP contribution in [-0.2, 0) is 4.74 Å². The van der Waals surface area contributed by atoms with Crippen LogP contribution < -0.4 is 5.32 Å². The molecule has 0 spiro atoms. The summed E-state index contributed by atoms with van der Waals surface area (Å²) in [6.45, 7) is 1.48. The van der Waals surface area contributed by atoms with Gasteiger partial charge in [0.25, 0.3) is 0 Å².